The van der Waals surface area contributed by atoms with Gasteiger partial charge in [0.15, 0.2) is 0 Å². The van der Waals surface area contributed by atoms with Gasteiger partial charge in [-0.05, 0) is 41.1 Å². The molecule has 3 aromatic carbocycles. The number of rotatable bonds is 5. The summed E-state index contributed by atoms with van der Waals surface area (Å²) < 4.78 is 14.3. The molecule has 0 spiro atoms. The van der Waals surface area contributed by atoms with Crippen LogP contribution in [0.3, 0.4) is 0 Å². The summed E-state index contributed by atoms with van der Waals surface area (Å²) in [7, 11) is 0. The van der Waals surface area contributed by atoms with E-state index in [4.69, 9.17) is 17.0 Å². The monoisotopic (exact) mass is 508 g/mol. The van der Waals surface area contributed by atoms with E-state index >= 15 is 0 Å². The molecular weight excluding hydrogens is 483 g/mol. The maximum absolute atomic E-state index is 14.3. The van der Waals surface area contributed by atoms with Crippen molar-refractivity contribution in [1.82, 2.24) is 9.97 Å². The number of aromatic amines is 1. The smallest absolute Gasteiger partial charge is 0.205 e. The van der Waals surface area contributed by atoms with Crippen LogP contribution in [0.15, 0.2) is 116 Å². The molecule has 4 nitrogen and oxygen atoms in total. The first-order valence-electron chi connectivity index (χ1n) is 11.9. The van der Waals surface area contributed by atoms with Gasteiger partial charge in [-0.25, -0.2) is 9.37 Å². The highest BCUT2D eigenvalue weighted by Crippen LogP contribution is 2.42. The molecule has 2 atom stereocenters. The number of benzene rings is 3. The lowest BCUT2D eigenvalue weighted by Gasteiger charge is -2.28. The number of imidazole rings is 1. The summed E-state index contributed by atoms with van der Waals surface area (Å²) in [4.78, 5) is 6.85. The summed E-state index contributed by atoms with van der Waals surface area (Å²) in [6.07, 6.45) is 9.31. The fourth-order valence-electron chi connectivity index (χ4n) is 4.64. The average Bonchev–Trinajstić information content (AvgIpc) is 3.37. The van der Waals surface area contributed by atoms with Gasteiger partial charge in [-0.15, -0.1) is 11.6 Å². The lowest BCUT2D eigenvalue weighted by Crippen LogP contribution is -2.23. The van der Waals surface area contributed by atoms with Crippen molar-refractivity contribution in [2.45, 2.75) is 17.7 Å². The molecule has 1 aliphatic carbocycles. The number of anilines is 1. The van der Waals surface area contributed by atoms with Crippen molar-refractivity contribution in [3.8, 4) is 11.3 Å². The highest BCUT2D eigenvalue weighted by molar-refractivity contribution is 6.26. The molecule has 0 fully saturated rings. The molecular formula is C31H26ClFN4. The van der Waals surface area contributed by atoms with Crippen LogP contribution in [0.1, 0.15) is 24.0 Å². The van der Waals surface area contributed by atoms with Crippen molar-refractivity contribution in [1.29, 1.82) is 5.41 Å². The van der Waals surface area contributed by atoms with E-state index in [0.717, 1.165) is 33.3 Å². The van der Waals surface area contributed by atoms with Gasteiger partial charge in [0.1, 0.15) is 5.82 Å². The van der Waals surface area contributed by atoms with E-state index in [-0.39, 0.29) is 17.4 Å². The van der Waals surface area contributed by atoms with Gasteiger partial charge in [-0.3, -0.25) is 0 Å². The molecule has 184 valence electrons. The van der Waals surface area contributed by atoms with Crippen LogP contribution in [0.2, 0.25) is 0 Å². The summed E-state index contributed by atoms with van der Waals surface area (Å²) >= 11 is 6.97. The van der Waals surface area contributed by atoms with Crippen LogP contribution in [0.5, 0.6) is 0 Å². The number of halogens is 2. The van der Waals surface area contributed by atoms with Crippen molar-refractivity contribution in [2.75, 3.05) is 5.32 Å². The van der Waals surface area contributed by atoms with Crippen molar-refractivity contribution < 1.29 is 4.39 Å². The van der Waals surface area contributed by atoms with Crippen LogP contribution >= 0.6 is 11.6 Å². The van der Waals surface area contributed by atoms with E-state index in [2.05, 4.69) is 28.4 Å². The molecule has 2 unspecified atom stereocenters. The van der Waals surface area contributed by atoms with Gasteiger partial charge in [0.05, 0.1) is 28.2 Å². The highest BCUT2D eigenvalue weighted by atomic mass is 35.5. The Morgan fingerprint density at radius 1 is 1.08 bits per heavy atom. The molecule has 0 bridgehead atoms. The lowest BCUT2D eigenvalue weighted by atomic mass is 9.82. The van der Waals surface area contributed by atoms with E-state index in [0.29, 0.717) is 17.0 Å². The van der Waals surface area contributed by atoms with Crippen LogP contribution < -0.4 is 5.32 Å². The van der Waals surface area contributed by atoms with Crippen LogP contribution in [0, 0.1) is 11.2 Å². The first-order valence-corrected chi connectivity index (χ1v) is 12.2. The van der Waals surface area contributed by atoms with Crippen molar-refractivity contribution >= 4 is 34.0 Å². The molecule has 6 heteroatoms. The highest BCUT2D eigenvalue weighted by Gasteiger charge is 2.32. The van der Waals surface area contributed by atoms with Gasteiger partial charge in [0.25, 0.3) is 0 Å². The average molecular weight is 509 g/mol. The Bertz CT molecular complexity index is 1610. The summed E-state index contributed by atoms with van der Waals surface area (Å²) in [5.41, 5.74) is 4.81. The molecule has 0 aliphatic heterocycles. The largest absolute Gasteiger partial charge is 0.325 e. The second-order valence-electron chi connectivity index (χ2n) is 9.14. The minimum absolute atomic E-state index is 0.270. The molecule has 0 amide bonds. The second kappa shape index (κ2) is 9.68. The number of hydrogen-bond acceptors (Lipinski definition) is 3. The Hall–Kier alpha value is -4.22. The minimum atomic E-state index is -0.819. The van der Waals surface area contributed by atoms with Crippen LogP contribution in [-0.4, -0.2) is 15.7 Å². The zero-order chi connectivity index (χ0) is 26.2. The fourth-order valence-corrected chi connectivity index (χ4v) is 4.88. The summed E-state index contributed by atoms with van der Waals surface area (Å²) in [6, 6.07) is 18.3. The van der Waals surface area contributed by atoms with Crippen LogP contribution in [0.25, 0.3) is 22.0 Å². The van der Waals surface area contributed by atoms with Crippen molar-refractivity contribution in [2.24, 2.45) is 0 Å². The van der Waals surface area contributed by atoms with Crippen molar-refractivity contribution in [3.63, 3.8) is 0 Å². The van der Waals surface area contributed by atoms with E-state index < -0.39 is 4.87 Å². The van der Waals surface area contributed by atoms with E-state index in [1.165, 1.54) is 6.07 Å². The molecule has 1 heterocycles. The Morgan fingerprint density at radius 2 is 1.81 bits per heavy atom. The maximum Gasteiger partial charge on any atom is 0.205 e. The zero-order valence-corrected chi connectivity index (χ0v) is 21.1. The van der Waals surface area contributed by atoms with Crippen LogP contribution in [-0.2, 0) is 4.87 Å². The molecule has 0 saturated heterocycles. The van der Waals surface area contributed by atoms with Crippen molar-refractivity contribution in [3.05, 3.63) is 133 Å². The SMILES string of the molecule is C=C(Nc1ncc(-c2ccc(F)c3ccccc23)[nH]1)C(=N)C1/C=C\C=C/C(=C)C(C)(Cl)c2ccccc21. The molecule has 0 radical (unpaired) electrons. The van der Waals surface area contributed by atoms with Gasteiger partial charge < -0.3 is 15.7 Å². The number of nitrogens with zero attached hydrogens (tertiary/aromatic N) is 1. The second-order valence-corrected chi connectivity index (χ2v) is 9.90. The summed E-state index contributed by atoms with van der Waals surface area (Å²) in [6.45, 7) is 10.2. The van der Waals surface area contributed by atoms with Gasteiger partial charge in [-0.2, -0.15) is 0 Å². The minimum Gasteiger partial charge on any atom is -0.325 e. The standard InChI is InChI=1S/C31H26ClFN4/c1-19-10-4-5-14-25(22-12-8-9-15-26(22)31(19,3)32)29(34)20(2)36-30-35-18-28(37-30)24-16-17-27(33)23-13-7-6-11-21(23)24/h4-18,25,34H,1-2H2,3H3,(H2,35,36,37)/b10-4-,14-5-,34-29?. The third-order valence-corrected chi connectivity index (χ3v) is 7.21. The first-order chi connectivity index (χ1) is 17.8. The maximum atomic E-state index is 14.3. The molecule has 0 saturated carbocycles. The number of allylic oxidation sites excluding steroid dienone is 6. The van der Waals surface area contributed by atoms with E-state index in [1.54, 1.807) is 18.3 Å². The molecule has 4 aromatic rings. The Morgan fingerprint density at radius 3 is 2.62 bits per heavy atom. The predicted molar refractivity (Wildman–Crippen MR) is 152 cm³/mol. The summed E-state index contributed by atoms with van der Waals surface area (Å²) in [5.74, 6) is -0.219. The topological polar surface area (TPSA) is 64.6 Å². The molecule has 5 rings (SSSR count). The molecule has 1 aliphatic rings. The number of fused-ring (bicyclic) bond motifs is 2. The number of H-pyrrole nitrogens is 1. The Labute approximate surface area is 220 Å². The Balaban J connectivity index is 1.44. The third-order valence-electron chi connectivity index (χ3n) is 6.76. The Kier molecular flexibility index (Phi) is 6.40. The fraction of sp³-hybridized carbons (Fsp3) is 0.0968. The van der Waals surface area contributed by atoms with Crippen LogP contribution in [0.4, 0.5) is 10.3 Å². The van der Waals surface area contributed by atoms with Gasteiger partial charge in [-0.1, -0.05) is 86.0 Å². The molecule has 1 aromatic heterocycles. The van der Waals surface area contributed by atoms with E-state index in [9.17, 15) is 4.39 Å². The first kappa shape index (κ1) is 24.5. The summed E-state index contributed by atoms with van der Waals surface area (Å²) in [5, 5.41) is 13.5. The number of nitrogens with one attached hydrogen (secondary N) is 3. The van der Waals surface area contributed by atoms with Gasteiger partial charge in [0, 0.05) is 16.9 Å². The number of aromatic nitrogens is 2. The number of hydrogen-bond donors (Lipinski definition) is 3. The normalized spacial score (nSPS) is 20.8. The van der Waals surface area contributed by atoms with Gasteiger partial charge >= 0.3 is 0 Å². The number of alkyl halides is 1. The molecule has 37 heavy (non-hydrogen) atoms. The quantitative estimate of drug-likeness (QED) is 0.188. The zero-order valence-electron chi connectivity index (χ0n) is 20.4. The van der Waals surface area contributed by atoms with E-state index in [1.807, 2.05) is 73.7 Å². The lowest BCUT2D eigenvalue weighted by molar-refractivity contribution is 0.640. The van der Waals surface area contributed by atoms with Gasteiger partial charge in [0.2, 0.25) is 5.95 Å². The predicted octanol–water partition coefficient (Wildman–Crippen LogP) is 8.23. The third kappa shape index (κ3) is 4.54. The molecule has 3 N–H and O–H groups in total.